The lowest BCUT2D eigenvalue weighted by molar-refractivity contribution is 0.0948. The van der Waals surface area contributed by atoms with Crippen LogP contribution >= 0.6 is 11.6 Å². The molecule has 1 amide bonds. The highest BCUT2D eigenvalue weighted by molar-refractivity contribution is 7.92. The van der Waals surface area contributed by atoms with Gasteiger partial charge in [0, 0.05) is 11.1 Å². The van der Waals surface area contributed by atoms with Gasteiger partial charge in [-0.3, -0.25) is 9.10 Å². The largest absolute Gasteiger partial charge is 0.493 e. The van der Waals surface area contributed by atoms with Crippen LogP contribution in [0.25, 0.3) is 0 Å². The number of ether oxygens (including phenoxy) is 2. The molecule has 2 aromatic carbocycles. The highest BCUT2D eigenvalue weighted by Gasteiger charge is 2.26. The van der Waals surface area contributed by atoms with E-state index >= 15 is 0 Å². The van der Waals surface area contributed by atoms with Gasteiger partial charge in [-0.25, -0.2) is 8.42 Å². The van der Waals surface area contributed by atoms with Crippen molar-refractivity contribution in [2.75, 3.05) is 24.8 Å². The van der Waals surface area contributed by atoms with Gasteiger partial charge in [-0.2, -0.15) is 0 Å². The van der Waals surface area contributed by atoms with Gasteiger partial charge >= 0.3 is 0 Å². The number of furan rings is 1. The fourth-order valence-electron chi connectivity index (χ4n) is 3.07. The summed E-state index contributed by atoms with van der Waals surface area (Å²) >= 11 is 5.95. The molecule has 0 aliphatic rings. The molecule has 3 rings (SSSR count). The Morgan fingerprint density at radius 2 is 1.75 bits per heavy atom. The van der Waals surface area contributed by atoms with E-state index in [2.05, 4.69) is 5.32 Å². The van der Waals surface area contributed by atoms with Crippen LogP contribution in [0, 0.1) is 0 Å². The normalized spacial score (nSPS) is 11.1. The van der Waals surface area contributed by atoms with E-state index in [1.807, 2.05) is 0 Å². The highest BCUT2D eigenvalue weighted by atomic mass is 35.5. The SMILES string of the molecule is COc1cc(C(=O)NCc2ccco2)c(N(Cc2ccc(Cl)cc2)S(C)(=O)=O)cc1OC. The smallest absolute Gasteiger partial charge is 0.253 e. The Hall–Kier alpha value is -3.17. The number of benzene rings is 2. The van der Waals surface area contributed by atoms with E-state index in [1.165, 1.54) is 32.6 Å². The van der Waals surface area contributed by atoms with Crippen molar-refractivity contribution in [1.29, 1.82) is 0 Å². The van der Waals surface area contributed by atoms with Crippen LogP contribution < -0.4 is 19.1 Å². The Balaban J connectivity index is 2.06. The maximum absolute atomic E-state index is 13.1. The first-order valence-corrected chi connectivity index (χ1v) is 11.7. The van der Waals surface area contributed by atoms with E-state index in [1.54, 1.807) is 36.4 Å². The number of carbonyl (C=O) groups excluding carboxylic acids is 1. The predicted molar refractivity (Wildman–Crippen MR) is 122 cm³/mol. The number of nitrogens with zero attached hydrogens (tertiary/aromatic N) is 1. The molecule has 0 atom stereocenters. The van der Waals surface area contributed by atoms with Crippen LogP contribution in [0.2, 0.25) is 5.02 Å². The second-order valence-electron chi connectivity index (χ2n) is 6.88. The standard InChI is InChI=1S/C22H23ClN2O6S/c1-29-20-11-18(22(26)24-13-17-5-4-10-31-17)19(12-21(20)30-2)25(32(3,27)28)14-15-6-8-16(23)9-7-15/h4-12H,13-14H2,1-3H3,(H,24,26). The summed E-state index contributed by atoms with van der Waals surface area (Å²) in [6.45, 7) is 0.125. The summed E-state index contributed by atoms with van der Waals surface area (Å²) in [4.78, 5) is 13.1. The van der Waals surface area contributed by atoms with Gasteiger partial charge in [0.1, 0.15) is 5.76 Å². The van der Waals surface area contributed by atoms with E-state index < -0.39 is 15.9 Å². The molecule has 0 saturated heterocycles. The molecule has 0 fully saturated rings. The van der Waals surface area contributed by atoms with Crippen molar-refractivity contribution in [2.24, 2.45) is 0 Å². The van der Waals surface area contributed by atoms with Gasteiger partial charge in [-0.05, 0) is 35.9 Å². The van der Waals surface area contributed by atoms with Crippen LogP contribution in [0.3, 0.4) is 0 Å². The van der Waals surface area contributed by atoms with Crippen molar-refractivity contribution in [2.45, 2.75) is 13.1 Å². The first-order valence-electron chi connectivity index (χ1n) is 9.51. The zero-order valence-corrected chi connectivity index (χ0v) is 19.4. The fraction of sp³-hybridized carbons (Fsp3) is 0.227. The Bertz CT molecular complexity index is 1180. The van der Waals surface area contributed by atoms with E-state index in [0.29, 0.717) is 22.1 Å². The van der Waals surface area contributed by atoms with Crippen LogP contribution in [0.5, 0.6) is 11.5 Å². The number of hydrogen-bond acceptors (Lipinski definition) is 6. The maximum Gasteiger partial charge on any atom is 0.253 e. The monoisotopic (exact) mass is 478 g/mol. The van der Waals surface area contributed by atoms with Gasteiger partial charge in [0.25, 0.3) is 5.91 Å². The lowest BCUT2D eigenvalue weighted by Crippen LogP contribution is -2.32. The van der Waals surface area contributed by atoms with Crippen molar-refractivity contribution >= 4 is 33.2 Å². The number of carbonyl (C=O) groups is 1. The van der Waals surface area contributed by atoms with Crippen LogP contribution in [0.4, 0.5) is 5.69 Å². The number of nitrogens with one attached hydrogen (secondary N) is 1. The third-order valence-electron chi connectivity index (χ3n) is 4.66. The molecular weight excluding hydrogens is 456 g/mol. The first kappa shape index (κ1) is 23.5. The molecule has 1 heterocycles. The fourth-order valence-corrected chi connectivity index (χ4v) is 4.09. The topological polar surface area (TPSA) is 98.1 Å². The van der Waals surface area contributed by atoms with Crippen LogP contribution in [0.1, 0.15) is 21.7 Å². The Labute approximate surface area is 191 Å². The number of hydrogen-bond donors (Lipinski definition) is 1. The Morgan fingerprint density at radius 3 is 2.31 bits per heavy atom. The minimum atomic E-state index is -3.78. The summed E-state index contributed by atoms with van der Waals surface area (Å²) in [5.41, 5.74) is 0.946. The Morgan fingerprint density at radius 1 is 1.09 bits per heavy atom. The van der Waals surface area contributed by atoms with Crippen LogP contribution in [-0.2, 0) is 23.1 Å². The molecule has 8 nitrogen and oxygen atoms in total. The van der Waals surface area contributed by atoms with Crippen molar-refractivity contribution in [3.63, 3.8) is 0 Å². The van der Waals surface area contributed by atoms with Crippen molar-refractivity contribution < 1.29 is 27.1 Å². The van der Waals surface area contributed by atoms with E-state index in [-0.39, 0.29) is 30.1 Å². The van der Waals surface area contributed by atoms with E-state index in [9.17, 15) is 13.2 Å². The number of methoxy groups -OCH3 is 2. The number of amides is 1. The Kier molecular flexibility index (Phi) is 7.32. The molecular formula is C22H23ClN2O6S. The maximum atomic E-state index is 13.1. The molecule has 0 aliphatic carbocycles. The number of rotatable bonds is 9. The third kappa shape index (κ3) is 5.54. The molecule has 1 aromatic heterocycles. The molecule has 0 saturated carbocycles. The summed E-state index contributed by atoms with van der Waals surface area (Å²) in [5.74, 6) is 0.637. The molecule has 0 radical (unpaired) electrons. The van der Waals surface area contributed by atoms with Gasteiger partial charge in [0.2, 0.25) is 10.0 Å². The summed E-state index contributed by atoms with van der Waals surface area (Å²) in [6.07, 6.45) is 2.57. The highest BCUT2D eigenvalue weighted by Crippen LogP contribution is 2.37. The van der Waals surface area contributed by atoms with Crippen molar-refractivity contribution in [1.82, 2.24) is 5.32 Å². The minimum Gasteiger partial charge on any atom is -0.493 e. The van der Waals surface area contributed by atoms with E-state index in [4.69, 9.17) is 25.5 Å². The van der Waals surface area contributed by atoms with Crippen molar-refractivity contribution in [3.8, 4) is 11.5 Å². The molecule has 32 heavy (non-hydrogen) atoms. The first-order chi connectivity index (χ1) is 15.2. The molecule has 3 aromatic rings. The third-order valence-corrected chi connectivity index (χ3v) is 6.04. The lowest BCUT2D eigenvalue weighted by atomic mass is 10.1. The summed E-state index contributed by atoms with van der Waals surface area (Å²) in [7, 11) is -0.912. The predicted octanol–water partition coefficient (Wildman–Crippen LogP) is 3.85. The summed E-state index contributed by atoms with van der Waals surface area (Å²) in [6, 6.07) is 13.1. The summed E-state index contributed by atoms with van der Waals surface area (Å²) in [5, 5.41) is 3.27. The zero-order chi connectivity index (χ0) is 23.3. The van der Waals surface area contributed by atoms with Crippen LogP contribution in [-0.4, -0.2) is 34.8 Å². The summed E-state index contributed by atoms with van der Waals surface area (Å²) < 4.78 is 42.6. The average Bonchev–Trinajstić information content (AvgIpc) is 3.29. The molecule has 0 spiro atoms. The second-order valence-corrected chi connectivity index (χ2v) is 9.23. The molecule has 10 heteroatoms. The van der Waals surface area contributed by atoms with Crippen LogP contribution in [0.15, 0.2) is 59.2 Å². The van der Waals surface area contributed by atoms with Crippen molar-refractivity contribution in [3.05, 3.63) is 76.7 Å². The lowest BCUT2D eigenvalue weighted by Gasteiger charge is -2.26. The van der Waals surface area contributed by atoms with E-state index in [0.717, 1.165) is 10.6 Å². The average molecular weight is 479 g/mol. The zero-order valence-electron chi connectivity index (χ0n) is 17.8. The number of sulfonamides is 1. The van der Waals surface area contributed by atoms with Gasteiger partial charge in [0.15, 0.2) is 11.5 Å². The van der Waals surface area contributed by atoms with Gasteiger partial charge in [0.05, 0.1) is 51.1 Å². The minimum absolute atomic E-state index is 0.00997. The quantitative estimate of drug-likeness (QED) is 0.501. The molecule has 0 unspecified atom stereocenters. The van der Waals surface area contributed by atoms with Gasteiger partial charge in [-0.15, -0.1) is 0 Å². The molecule has 0 aliphatic heterocycles. The molecule has 170 valence electrons. The molecule has 1 N–H and O–H groups in total. The van der Waals surface area contributed by atoms with Gasteiger partial charge in [-0.1, -0.05) is 23.7 Å². The molecule has 0 bridgehead atoms. The van der Waals surface area contributed by atoms with Gasteiger partial charge < -0.3 is 19.2 Å². The number of halogens is 1. The second kappa shape index (κ2) is 9.97. The number of anilines is 1.